The number of aromatic nitrogens is 1. The topological polar surface area (TPSA) is 121 Å². The standard InChI is InChI=1S/C24H20N2O7S2/c1-32-22(27)16-10-17(23(28)33-2)12-18(11-16)25-35(30,31)19-8-9-20-21(13-19)34-24(29)26(20)14-15-6-4-3-5-7-15/h3-13,25H,14H2,1-2H3. The van der Waals surface area contributed by atoms with E-state index in [1.54, 1.807) is 10.6 Å². The molecule has 1 N–H and O–H groups in total. The Morgan fingerprint density at radius 2 is 1.54 bits per heavy atom. The van der Waals surface area contributed by atoms with Gasteiger partial charge in [-0.25, -0.2) is 18.0 Å². The number of esters is 2. The van der Waals surface area contributed by atoms with Crippen LogP contribution in [0.2, 0.25) is 0 Å². The average molecular weight is 513 g/mol. The summed E-state index contributed by atoms with van der Waals surface area (Å²) in [5, 5.41) is 0. The van der Waals surface area contributed by atoms with Gasteiger partial charge >= 0.3 is 16.8 Å². The van der Waals surface area contributed by atoms with E-state index in [1.165, 1.54) is 44.6 Å². The summed E-state index contributed by atoms with van der Waals surface area (Å²) >= 11 is 0.946. The fourth-order valence-electron chi connectivity index (χ4n) is 3.50. The van der Waals surface area contributed by atoms with Crippen molar-refractivity contribution in [1.82, 2.24) is 4.57 Å². The van der Waals surface area contributed by atoms with Gasteiger partial charge in [-0.15, -0.1) is 0 Å². The number of carbonyl (C=O) groups is 2. The Morgan fingerprint density at radius 1 is 0.914 bits per heavy atom. The summed E-state index contributed by atoms with van der Waals surface area (Å²) in [5.41, 5.74) is 1.48. The van der Waals surface area contributed by atoms with Gasteiger partial charge in [0.05, 0.1) is 52.7 Å². The maximum atomic E-state index is 13.1. The minimum absolute atomic E-state index is 0.0248. The van der Waals surface area contributed by atoms with Gasteiger partial charge in [-0.2, -0.15) is 0 Å². The van der Waals surface area contributed by atoms with Crippen molar-refractivity contribution in [2.75, 3.05) is 18.9 Å². The first-order chi connectivity index (χ1) is 16.7. The second-order valence-electron chi connectivity index (χ2n) is 7.46. The number of thiazole rings is 1. The third kappa shape index (κ3) is 5.10. The predicted molar refractivity (Wildman–Crippen MR) is 132 cm³/mol. The molecule has 180 valence electrons. The number of nitrogens with zero attached hydrogens (tertiary/aromatic N) is 1. The molecule has 1 heterocycles. The van der Waals surface area contributed by atoms with Gasteiger partial charge in [0.1, 0.15) is 0 Å². The molecule has 0 bridgehead atoms. The second kappa shape index (κ2) is 9.72. The van der Waals surface area contributed by atoms with Crippen LogP contribution in [0.3, 0.4) is 0 Å². The van der Waals surface area contributed by atoms with Crippen LogP contribution in [-0.2, 0) is 26.0 Å². The van der Waals surface area contributed by atoms with Crippen LogP contribution in [0.1, 0.15) is 26.3 Å². The zero-order chi connectivity index (χ0) is 25.2. The van der Waals surface area contributed by atoms with E-state index in [1.807, 2.05) is 30.3 Å². The van der Waals surface area contributed by atoms with Gasteiger partial charge in [0.2, 0.25) is 0 Å². The first kappa shape index (κ1) is 24.2. The van der Waals surface area contributed by atoms with Crippen molar-refractivity contribution in [3.05, 3.63) is 93.1 Å². The minimum Gasteiger partial charge on any atom is -0.465 e. The lowest BCUT2D eigenvalue weighted by Crippen LogP contribution is -2.15. The molecular formula is C24H20N2O7S2. The molecule has 0 aliphatic carbocycles. The number of sulfonamides is 1. The van der Waals surface area contributed by atoms with Crippen molar-refractivity contribution >= 4 is 49.2 Å². The molecule has 0 aliphatic rings. The highest BCUT2D eigenvalue weighted by atomic mass is 32.2. The number of methoxy groups -OCH3 is 2. The SMILES string of the molecule is COC(=O)c1cc(NS(=O)(=O)c2ccc3c(c2)sc(=O)n3Cc2ccccc2)cc(C(=O)OC)c1. The lowest BCUT2D eigenvalue weighted by molar-refractivity contribution is 0.0599. The van der Waals surface area contributed by atoms with Crippen LogP contribution < -0.4 is 9.60 Å². The van der Waals surface area contributed by atoms with Crippen molar-refractivity contribution in [1.29, 1.82) is 0 Å². The highest BCUT2D eigenvalue weighted by Gasteiger charge is 2.20. The van der Waals surface area contributed by atoms with Crippen LogP contribution in [0.4, 0.5) is 5.69 Å². The number of hydrogen-bond donors (Lipinski definition) is 1. The molecule has 0 saturated heterocycles. The summed E-state index contributed by atoms with van der Waals surface area (Å²) < 4.78 is 40.0. The van der Waals surface area contributed by atoms with Crippen molar-refractivity contribution < 1.29 is 27.5 Å². The molecule has 9 nitrogen and oxygen atoms in total. The minimum atomic E-state index is -4.12. The molecule has 0 atom stereocenters. The van der Waals surface area contributed by atoms with Crippen LogP contribution in [0, 0.1) is 0 Å². The molecule has 0 unspecified atom stereocenters. The van der Waals surface area contributed by atoms with Gasteiger partial charge in [0.15, 0.2) is 0 Å². The van der Waals surface area contributed by atoms with Crippen LogP contribution in [0.5, 0.6) is 0 Å². The van der Waals surface area contributed by atoms with Crippen molar-refractivity contribution in [2.45, 2.75) is 11.4 Å². The second-order valence-corrected chi connectivity index (χ2v) is 10.1. The maximum Gasteiger partial charge on any atom is 0.337 e. The Morgan fingerprint density at radius 3 is 2.14 bits per heavy atom. The van der Waals surface area contributed by atoms with E-state index >= 15 is 0 Å². The van der Waals surface area contributed by atoms with E-state index in [2.05, 4.69) is 14.2 Å². The van der Waals surface area contributed by atoms with Gasteiger partial charge in [0.25, 0.3) is 10.0 Å². The molecule has 3 aromatic carbocycles. The van der Waals surface area contributed by atoms with E-state index < -0.39 is 22.0 Å². The Balaban J connectivity index is 1.69. The first-order valence-corrected chi connectivity index (χ1v) is 12.5. The van der Waals surface area contributed by atoms with Gasteiger partial charge < -0.3 is 9.47 Å². The Labute approximate surface area is 204 Å². The van der Waals surface area contributed by atoms with Crippen LogP contribution in [0.25, 0.3) is 10.2 Å². The molecule has 0 radical (unpaired) electrons. The van der Waals surface area contributed by atoms with Gasteiger partial charge in [0, 0.05) is 0 Å². The number of nitrogens with one attached hydrogen (secondary N) is 1. The van der Waals surface area contributed by atoms with Gasteiger partial charge in [-0.3, -0.25) is 14.1 Å². The number of rotatable bonds is 7. The lowest BCUT2D eigenvalue weighted by atomic mass is 10.1. The number of carbonyl (C=O) groups excluding carboxylic acids is 2. The molecular weight excluding hydrogens is 492 g/mol. The maximum absolute atomic E-state index is 13.1. The van der Waals surface area contributed by atoms with Crippen molar-refractivity contribution in [2.24, 2.45) is 0 Å². The monoisotopic (exact) mass is 512 g/mol. The van der Waals surface area contributed by atoms with E-state index in [9.17, 15) is 22.8 Å². The molecule has 11 heteroatoms. The molecule has 4 rings (SSSR count). The van der Waals surface area contributed by atoms with Crippen LogP contribution >= 0.6 is 11.3 Å². The fourth-order valence-corrected chi connectivity index (χ4v) is 5.57. The normalized spacial score (nSPS) is 11.3. The number of anilines is 1. The van der Waals surface area contributed by atoms with E-state index in [4.69, 9.17) is 0 Å². The summed E-state index contributed by atoms with van der Waals surface area (Å²) in [6.45, 7) is 0.362. The third-order valence-electron chi connectivity index (χ3n) is 5.16. The average Bonchev–Trinajstić information content (AvgIpc) is 3.17. The van der Waals surface area contributed by atoms with E-state index in [0.29, 0.717) is 16.8 Å². The largest absolute Gasteiger partial charge is 0.465 e. The Bertz CT molecular complexity index is 1560. The van der Waals surface area contributed by atoms with E-state index in [0.717, 1.165) is 16.9 Å². The molecule has 0 fully saturated rings. The summed E-state index contributed by atoms with van der Waals surface area (Å²) in [4.78, 5) is 36.3. The lowest BCUT2D eigenvalue weighted by Gasteiger charge is -2.11. The number of fused-ring (bicyclic) bond motifs is 1. The molecule has 0 saturated carbocycles. The zero-order valence-corrected chi connectivity index (χ0v) is 20.3. The van der Waals surface area contributed by atoms with Crippen LogP contribution in [-0.4, -0.2) is 39.1 Å². The molecule has 0 amide bonds. The summed E-state index contributed by atoms with van der Waals surface area (Å²) in [6, 6.07) is 17.6. The smallest absolute Gasteiger partial charge is 0.337 e. The molecule has 0 aliphatic heterocycles. The van der Waals surface area contributed by atoms with Crippen molar-refractivity contribution in [3.8, 4) is 0 Å². The van der Waals surface area contributed by atoms with E-state index in [-0.39, 0.29) is 26.6 Å². The summed E-state index contributed by atoms with van der Waals surface area (Å²) in [7, 11) is -1.79. The highest BCUT2D eigenvalue weighted by molar-refractivity contribution is 7.92. The summed E-state index contributed by atoms with van der Waals surface area (Å²) in [5.74, 6) is -1.50. The van der Waals surface area contributed by atoms with Crippen LogP contribution in [0.15, 0.2) is 76.4 Å². The molecule has 1 aromatic heterocycles. The first-order valence-electron chi connectivity index (χ1n) is 10.2. The molecule has 0 spiro atoms. The fraction of sp³-hybridized carbons (Fsp3) is 0.125. The molecule has 35 heavy (non-hydrogen) atoms. The zero-order valence-electron chi connectivity index (χ0n) is 18.7. The quantitative estimate of drug-likeness (QED) is 0.376. The van der Waals surface area contributed by atoms with Gasteiger partial charge in [-0.1, -0.05) is 41.7 Å². The molecule has 4 aromatic rings. The number of benzene rings is 3. The highest BCUT2D eigenvalue weighted by Crippen LogP contribution is 2.25. The number of hydrogen-bond acceptors (Lipinski definition) is 8. The van der Waals surface area contributed by atoms with Crippen molar-refractivity contribution in [3.63, 3.8) is 0 Å². The Hall–Kier alpha value is -3.96. The predicted octanol–water partition coefficient (Wildman–Crippen LogP) is 3.49. The summed E-state index contributed by atoms with van der Waals surface area (Å²) in [6.07, 6.45) is 0. The third-order valence-corrected chi connectivity index (χ3v) is 7.48. The Kier molecular flexibility index (Phi) is 6.72. The van der Waals surface area contributed by atoms with Gasteiger partial charge in [-0.05, 0) is 42.0 Å². The number of ether oxygens (including phenoxy) is 2.